The lowest BCUT2D eigenvalue weighted by Gasteiger charge is -2.20. The van der Waals surface area contributed by atoms with E-state index in [-0.39, 0.29) is 5.41 Å². The number of pyridine rings is 1. The van der Waals surface area contributed by atoms with E-state index >= 15 is 0 Å². The summed E-state index contributed by atoms with van der Waals surface area (Å²) in [6.07, 6.45) is 1.91. The van der Waals surface area contributed by atoms with E-state index in [9.17, 15) is 0 Å². The Morgan fingerprint density at radius 2 is 1.61 bits per heavy atom. The van der Waals surface area contributed by atoms with Gasteiger partial charge in [0.1, 0.15) is 5.82 Å². The fourth-order valence-corrected chi connectivity index (χ4v) is 4.04. The van der Waals surface area contributed by atoms with Crippen LogP contribution < -0.4 is 5.73 Å². The Balaban J connectivity index is 1.99. The first-order valence-corrected chi connectivity index (χ1v) is 9.62. The van der Waals surface area contributed by atoms with Gasteiger partial charge in [0.15, 0.2) is 0 Å². The molecular formula is C25H23N3. The number of fused-ring (bicyclic) bond motifs is 5. The molecule has 0 fully saturated rings. The van der Waals surface area contributed by atoms with Crippen molar-refractivity contribution in [1.82, 2.24) is 9.55 Å². The zero-order valence-corrected chi connectivity index (χ0v) is 16.4. The maximum atomic E-state index is 6.17. The normalized spacial score (nSPS) is 12.2. The molecule has 138 valence electrons. The van der Waals surface area contributed by atoms with Crippen molar-refractivity contribution in [3.63, 3.8) is 0 Å². The Bertz CT molecular complexity index is 1350. The van der Waals surface area contributed by atoms with E-state index in [2.05, 4.69) is 86.0 Å². The van der Waals surface area contributed by atoms with E-state index in [0.717, 1.165) is 17.0 Å². The van der Waals surface area contributed by atoms with Gasteiger partial charge < -0.3 is 5.73 Å². The molecule has 0 aliphatic heterocycles. The summed E-state index contributed by atoms with van der Waals surface area (Å²) in [5.74, 6) is 0.925. The largest absolute Gasteiger partial charge is 0.399 e. The van der Waals surface area contributed by atoms with Crippen LogP contribution in [-0.2, 0) is 5.41 Å². The van der Waals surface area contributed by atoms with Crippen LogP contribution in [0.4, 0.5) is 5.69 Å². The van der Waals surface area contributed by atoms with Gasteiger partial charge in [0.25, 0.3) is 0 Å². The molecule has 0 spiro atoms. The van der Waals surface area contributed by atoms with Crippen molar-refractivity contribution < 1.29 is 0 Å². The summed E-state index contributed by atoms with van der Waals surface area (Å²) in [5, 5.41) is 4.85. The summed E-state index contributed by atoms with van der Waals surface area (Å²) in [5.41, 5.74) is 10.5. The van der Waals surface area contributed by atoms with E-state index in [1.807, 2.05) is 12.3 Å². The van der Waals surface area contributed by atoms with Gasteiger partial charge in [-0.1, -0.05) is 63.2 Å². The highest BCUT2D eigenvalue weighted by molar-refractivity contribution is 6.18. The first-order valence-electron chi connectivity index (χ1n) is 9.62. The van der Waals surface area contributed by atoms with Gasteiger partial charge in [-0.2, -0.15) is 0 Å². The van der Waals surface area contributed by atoms with Crippen LogP contribution in [0.25, 0.3) is 38.4 Å². The highest BCUT2D eigenvalue weighted by atomic mass is 15.1. The van der Waals surface area contributed by atoms with Gasteiger partial charge in [-0.25, -0.2) is 4.98 Å². The molecule has 5 rings (SSSR count). The fourth-order valence-electron chi connectivity index (χ4n) is 4.04. The van der Waals surface area contributed by atoms with Crippen LogP contribution in [0.15, 0.2) is 72.9 Å². The summed E-state index contributed by atoms with van der Waals surface area (Å²) >= 11 is 0. The van der Waals surface area contributed by atoms with Crippen molar-refractivity contribution >= 4 is 38.3 Å². The lowest BCUT2D eigenvalue weighted by atomic mass is 9.88. The lowest BCUT2D eigenvalue weighted by molar-refractivity contribution is 0.589. The number of anilines is 1. The van der Waals surface area contributed by atoms with Gasteiger partial charge in [0.05, 0.1) is 11.0 Å². The Labute approximate surface area is 164 Å². The molecule has 2 N–H and O–H groups in total. The highest BCUT2D eigenvalue weighted by Gasteiger charge is 2.19. The van der Waals surface area contributed by atoms with Gasteiger partial charge in [-0.3, -0.25) is 4.57 Å². The Kier molecular flexibility index (Phi) is 3.50. The number of nitrogens with two attached hydrogens (primary N) is 1. The molecule has 28 heavy (non-hydrogen) atoms. The van der Waals surface area contributed by atoms with Gasteiger partial charge in [-0.15, -0.1) is 0 Å². The maximum absolute atomic E-state index is 6.17. The fraction of sp³-hybridized carbons (Fsp3) is 0.160. The first kappa shape index (κ1) is 16.8. The molecule has 2 heterocycles. The van der Waals surface area contributed by atoms with Crippen LogP contribution >= 0.6 is 0 Å². The van der Waals surface area contributed by atoms with Crippen LogP contribution in [-0.4, -0.2) is 9.55 Å². The summed E-state index contributed by atoms with van der Waals surface area (Å²) in [7, 11) is 0. The van der Waals surface area contributed by atoms with Crippen LogP contribution in [0.5, 0.6) is 0 Å². The number of hydrogen-bond acceptors (Lipinski definition) is 2. The van der Waals surface area contributed by atoms with Gasteiger partial charge in [-0.05, 0) is 40.6 Å². The molecule has 0 unspecified atom stereocenters. The second kappa shape index (κ2) is 5.83. The third-order valence-corrected chi connectivity index (χ3v) is 5.52. The van der Waals surface area contributed by atoms with Crippen molar-refractivity contribution in [3.8, 4) is 5.82 Å². The zero-order chi connectivity index (χ0) is 19.5. The number of benzene rings is 3. The Morgan fingerprint density at radius 1 is 0.821 bits per heavy atom. The molecule has 3 aromatic carbocycles. The molecule has 0 radical (unpaired) electrons. The first-order chi connectivity index (χ1) is 13.4. The summed E-state index contributed by atoms with van der Waals surface area (Å²) in [6.45, 7) is 6.68. The molecular weight excluding hydrogens is 342 g/mol. The van der Waals surface area contributed by atoms with Crippen LogP contribution in [0.1, 0.15) is 26.3 Å². The molecule has 0 amide bonds. The van der Waals surface area contributed by atoms with Crippen molar-refractivity contribution in [1.29, 1.82) is 0 Å². The monoisotopic (exact) mass is 365 g/mol. The van der Waals surface area contributed by atoms with Crippen LogP contribution in [0.2, 0.25) is 0 Å². The maximum Gasteiger partial charge on any atom is 0.137 e. The molecule has 5 aromatic rings. The Hall–Kier alpha value is -3.33. The molecule has 3 nitrogen and oxygen atoms in total. The lowest BCUT2D eigenvalue weighted by Crippen LogP contribution is -2.12. The molecule has 0 aliphatic rings. The van der Waals surface area contributed by atoms with Crippen molar-refractivity contribution in [2.24, 2.45) is 0 Å². The number of hydrogen-bond donors (Lipinski definition) is 1. The highest BCUT2D eigenvalue weighted by Crippen LogP contribution is 2.37. The standard InChI is InChI=1S/C25H23N3/c1-25(2,3)17-12-13-27-23(14-17)28-22-15-18(26)9-11-20(22)21-10-8-16-6-4-5-7-19(16)24(21)28/h4-15H,26H2,1-3H3. The quantitative estimate of drug-likeness (QED) is 0.359. The molecule has 0 saturated carbocycles. The number of aromatic nitrogens is 2. The van der Waals surface area contributed by atoms with Gasteiger partial charge >= 0.3 is 0 Å². The Morgan fingerprint density at radius 3 is 2.43 bits per heavy atom. The second-order valence-corrected chi connectivity index (χ2v) is 8.45. The molecule has 0 atom stereocenters. The molecule has 3 heteroatoms. The van der Waals surface area contributed by atoms with Crippen LogP contribution in [0, 0.1) is 0 Å². The summed E-state index contributed by atoms with van der Waals surface area (Å²) < 4.78 is 2.26. The van der Waals surface area contributed by atoms with Crippen molar-refractivity contribution in [3.05, 3.63) is 78.5 Å². The van der Waals surface area contributed by atoms with Crippen molar-refractivity contribution in [2.75, 3.05) is 5.73 Å². The van der Waals surface area contributed by atoms with E-state index in [0.29, 0.717) is 0 Å². The van der Waals surface area contributed by atoms with E-state index in [4.69, 9.17) is 10.7 Å². The minimum atomic E-state index is 0.0531. The summed E-state index contributed by atoms with van der Waals surface area (Å²) in [6, 6.07) is 23.4. The number of nitrogen functional groups attached to an aromatic ring is 1. The topological polar surface area (TPSA) is 43.8 Å². The SMILES string of the molecule is CC(C)(C)c1ccnc(-n2c3cc(N)ccc3c3ccc4ccccc4c32)c1. The summed E-state index contributed by atoms with van der Waals surface area (Å²) in [4.78, 5) is 4.75. The van der Waals surface area contributed by atoms with Gasteiger partial charge in [0.2, 0.25) is 0 Å². The zero-order valence-electron chi connectivity index (χ0n) is 16.4. The minimum Gasteiger partial charge on any atom is -0.399 e. The van der Waals surface area contributed by atoms with Crippen LogP contribution in [0.3, 0.4) is 0 Å². The van der Waals surface area contributed by atoms with Crippen molar-refractivity contribution in [2.45, 2.75) is 26.2 Å². The third kappa shape index (κ3) is 2.47. The molecule has 0 bridgehead atoms. The molecule has 0 aliphatic carbocycles. The number of rotatable bonds is 1. The van der Waals surface area contributed by atoms with E-state index in [1.165, 1.54) is 32.6 Å². The number of nitrogens with zero attached hydrogens (tertiary/aromatic N) is 2. The third-order valence-electron chi connectivity index (χ3n) is 5.52. The van der Waals surface area contributed by atoms with Gasteiger partial charge in [0, 0.05) is 28.0 Å². The predicted octanol–water partition coefficient (Wildman–Crippen LogP) is 6.21. The average molecular weight is 365 g/mol. The molecule has 0 saturated heterocycles. The second-order valence-electron chi connectivity index (χ2n) is 8.45. The minimum absolute atomic E-state index is 0.0531. The molecule has 2 aromatic heterocycles. The smallest absolute Gasteiger partial charge is 0.137 e. The van der Waals surface area contributed by atoms with E-state index < -0.39 is 0 Å². The predicted molar refractivity (Wildman–Crippen MR) is 119 cm³/mol. The average Bonchev–Trinajstić information content (AvgIpc) is 3.01. The van der Waals surface area contributed by atoms with E-state index in [1.54, 1.807) is 0 Å².